The molecule has 1 saturated heterocycles. The molecule has 0 unspecified atom stereocenters. The number of ether oxygens (including phenoxy) is 1. The molecule has 1 aliphatic carbocycles. The van der Waals surface area contributed by atoms with E-state index in [0.717, 1.165) is 12.8 Å². The molecule has 27 heavy (non-hydrogen) atoms. The summed E-state index contributed by atoms with van der Waals surface area (Å²) in [5.74, 6) is -1.50. The number of carbonyl (C=O) groups excluding carboxylic acids is 2. The van der Waals surface area contributed by atoms with Crippen LogP contribution in [0.1, 0.15) is 37.7 Å². The van der Waals surface area contributed by atoms with Crippen LogP contribution in [-0.4, -0.2) is 56.4 Å². The maximum Gasteiger partial charge on any atom is 0.317 e. The lowest BCUT2D eigenvalue weighted by Gasteiger charge is -2.28. The van der Waals surface area contributed by atoms with E-state index in [1.165, 1.54) is 18.0 Å². The van der Waals surface area contributed by atoms with Crippen molar-refractivity contribution in [2.24, 2.45) is 0 Å². The van der Waals surface area contributed by atoms with Crippen LogP contribution < -0.4 is 0 Å². The van der Waals surface area contributed by atoms with Crippen LogP contribution in [0, 0.1) is 5.82 Å². The largest absolute Gasteiger partial charge is 0.455 e. The lowest BCUT2D eigenvalue weighted by atomic mass is 9.78. The number of benzene rings is 1. The van der Waals surface area contributed by atoms with E-state index in [0.29, 0.717) is 24.8 Å². The predicted molar refractivity (Wildman–Crippen MR) is 97.3 cm³/mol. The number of esters is 1. The molecule has 1 aromatic rings. The summed E-state index contributed by atoms with van der Waals surface area (Å²) in [5.41, 5.74) is -0.740. The zero-order valence-corrected chi connectivity index (χ0v) is 16.1. The number of carbonyl (C=O) groups is 2. The molecular weight excluding hydrogens is 373 g/mol. The molecule has 1 atom stereocenters. The molecule has 1 saturated carbocycles. The Labute approximate surface area is 158 Å². The highest BCUT2D eigenvalue weighted by Crippen LogP contribution is 2.43. The minimum absolute atomic E-state index is 0.0610. The minimum Gasteiger partial charge on any atom is -0.455 e. The molecule has 0 spiro atoms. The normalized spacial score (nSPS) is 23.1. The average Bonchev–Trinajstić information content (AvgIpc) is 3.26. The number of hydrogen-bond acceptors (Lipinski definition) is 5. The monoisotopic (exact) mass is 397 g/mol. The number of rotatable bonds is 5. The second kappa shape index (κ2) is 7.58. The Kier molecular flexibility index (Phi) is 5.55. The number of sulfone groups is 1. The number of nitrogens with zero attached hydrogens (tertiary/aromatic N) is 1. The van der Waals surface area contributed by atoms with E-state index in [1.54, 1.807) is 18.2 Å². The average molecular weight is 397 g/mol. The molecule has 3 rings (SSSR count). The van der Waals surface area contributed by atoms with Crippen LogP contribution >= 0.6 is 0 Å². The van der Waals surface area contributed by atoms with Gasteiger partial charge < -0.3 is 9.64 Å². The van der Waals surface area contributed by atoms with Crippen molar-refractivity contribution in [3.63, 3.8) is 0 Å². The van der Waals surface area contributed by atoms with E-state index in [1.807, 2.05) is 0 Å². The zero-order valence-electron chi connectivity index (χ0n) is 15.3. The fraction of sp³-hybridized carbons (Fsp3) is 0.579. The Morgan fingerprint density at radius 3 is 2.52 bits per heavy atom. The first-order valence-corrected chi connectivity index (χ1v) is 11.0. The Balaban J connectivity index is 1.67. The first-order valence-electron chi connectivity index (χ1n) is 9.13. The van der Waals surface area contributed by atoms with Gasteiger partial charge in [-0.25, -0.2) is 12.8 Å². The highest BCUT2D eigenvalue weighted by molar-refractivity contribution is 7.91. The molecule has 1 amide bonds. The van der Waals surface area contributed by atoms with Gasteiger partial charge >= 0.3 is 5.97 Å². The maximum atomic E-state index is 14.3. The van der Waals surface area contributed by atoms with E-state index in [-0.39, 0.29) is 11.5 Å². The van der Waals surface area contributed by atoms with Gasteiger partial charge in [-0.2, -0.15) is 0 Å². The van der Waals surface area contributed by atoms with Crippen molar-refractivity contribution in [1.29, 1.82) is 0 Å². The van der Waals surface area contributed by atoms with Crippen LogP contribution in [0.25, 0.3) is 0 Å². The molecule has 1 aromatic carbocycles. The molecule has 0 aromatic heterocycles. The molecule has 148 valence electrons. The van der Waals surface area contributed by atoms with Crippen molar-refractivity contribution in [3.05, 3.63) is 35.6 Å². The van der Waals surface area contributed by atoms with Gasteiger partial charge in [0, 0.05) is 18.7 Å². The summed E-state index contributed by atoms with van der Waals surface area (Å²) in [6.07, 6.45) is 2.93. The summed E-state index contributed by atoms with van der Waals surface area (Å²) in [6, 6.07) is 5.78. The van der Waals surface area contributed by atoms with Crippen molar-refractivity contribution in [3.8, 4) is 0 Å². The van der Waals surface area contributed by atoms with Crippen molar-refractivity contribution < 1.29 is 27.1 Å². The Hall–Kier alpha value is -1.96. The smallest absolute Gasteiger partial charge is 0.317 e. The summed E-state index contributed by atoms with van der Waals surface area (Å²) in [5, 5.41) is 0. The van der Waals surface area contributed by atoms with Crippen LogP contribution in [-0.2, 0) is 29.6 Å². The third kappa shape index (κ3) is 4.00. The molecule has 2 aliphatic rings. The van der Waals surface area contributed by atoms with Crippen molar-refractivity contribution in [1.82, 2.24) is 4.90 Å². The molecule has 8 heteroatoms. The topological polar surface area (TPSA) is 80.8 Å². The van der Waals surface area contributed by atoms with Crippen LogP contribution in [0.5, 0.6) is 0 Å². The van der Waals surface area contributed by atoms with Gasteiger partial charge in [0.1, 0.15) is 5.82 Å². The summed E-state index contributed by atoms with van der Waals surface area (Å²) in [6.45, 7) is -0.470. The molecule has 0 radical (unpaired) electrons. The second-order valence-electron chi connectivity index (χ2n) is 7.41. The highest BCUT2D eigenvalue weighted by Gasteiger charge is 2.46. The Morgan fingerprint density at radius 2 is 1.93 bits per heavy atom. The van der Waals surface area contributed by atoms with E-state index < -0.39 is 45.6 Å². The third-order valence-electron chi connectivity index (χ3n) is 5.71. The van der Waals surface area contributed by atoms with Gasteiger partial charge in [-0.15, -0.1) is 0 Å². The second-order valence-corrected chi connectivity index (χ2v) is 9.64. The standard InChI is InChI=1S/C19H24FNO5S/c1-21(14-8-11-27(24,25)13-14)17(22)12-26-18(23)19(9-4-5-10-19)15-6-2-3-7-16(15)20/h2-3,6-7,14H,4-5,8-13H2,1H3/t14-/m1/s1. The van der Waals surface area contributed by atoms with Crippen molar-refractivity contribution >= 4 is 21.7 Å². The van der Waals surface area contributed by atoms with Gasteiger partial charge in [0.25, 0.3) is 5.91 Å². The van der Waals surface area contributed by atoms with Gasteiger partial charge in [-0.1, -0.05) is 31.0 Å². The number of likely N-dealkylation sites (N-methyl/N-ethyl adjacent to an activating group) is 1. The van der Waals surface area contributed by atoms with E-state index in [9.17, 15) is 22.4 Å². The molecule has 1 heterocycles. The van der Waals surface area contributed by atoms with E-state index in [2.05, 4.69) is 0 Å². The zero-order chi connectivity index (χ0) is 19.7. The predicted octanol–water partition coefficient (Wildman–Crippen LogP) is 1.83. The van der Waals surface area contributed by atoms with Crippen molar-refractivity contribution in [2.45, 2.75) is 43.6 Å². The van der Waals surface area contributed by atoms with Crippen LogP contribution in [0.4, 0.5) is 4.39 Å². The number of halogens is 1. The highest BCUT2D eigenvalue weighted by atomic mass is 32.2. The Morgan fingerprint density at radius 1 is 1.26 bits per heavy atom. The Bertz CT molecular complexity index is 832. The van der Waals surface area contributed by atoms with Crippen molar-refractivity contribution in [2.75, 3.05) is 25.2 Å². The quantitative estimate of drug-likeness (QED) is 0.708. The molecule has 1 aliphatic heterocycles. The first-order chi connectivity index (χ1) is 12.8. The number of hydrogen-bond donors (Lipinski definition) is 0. The fourth-order valence-corrected chi connectivity index (χ4v) is 5.84. The molecular formula is C19H24FNO5S. The summed E-state index contributed by atoms with van der Waals surface area (Å²) >= 11 is 0. The van der Waals surface area contributed by atoms with Gasteiger partial charge in [0.05, 0.1) is 16.9 Å². The first kappa shape index (κ1) is 19.8. The van der Waals surface area contributed by atoms with Crippen LogP contribution in [0.15, 0.2) is 24.3 Å². The lowest BCUT2D eigenvalue weighted by Crippen LogP contribution is -2.42. The fourth-order valence-electron chi connectivity index (χ4n) is 4.06. The van der Waals surface area contributed by atoms with Gasteiger partial charge in [-0.3, -0.25) is 9.59 Å². The lowest BCUT2D eigenvalue weighted by molar-refractivity contribution is -0.157. The molecule has 2 fully saturated rings. The summed E-state index contributed by atoms with van der Waals surface area (Å²) < 4.78 is 42.8. The molecule has 0 bridgehead atoms. The number of amides is 1. The van der Waals surface area contributed by atoms with E-state index in [4.69, 9.17) is 4.74 Å². The maximum absolute atomic E-state index is 14.3. The summed E-state index contributed by atoms with van der Waals surface area (Å²) in [4.78, 5) is 26.5. The third-order valence-corrected chi connectivity index (χ3v) is 7.46. The van der Waals surface area contributed by atoms with E-state index >= 15 is 0 Å². The van der Waals surface area contributed by atoms with Gasteiger partial charge in [0.2, 0.25) is 0 Å². The van der Waals surface area contributed by atoms with Gasteiger partial charge in [0.15, 0.2) is 16.4 Å². The van der Waals surface area contributed by atoms with Crippen LogP contribution in [0.3, 0.4) is 0 Å². The SMILES string of the molecule is CN(C(=O)COC(=O)C1(c2ccccc2F)CCCC1)[C@@H]1CCS(=O)(=O)C1. The molecule has 0 N–H and O–H groups in total. The van der Waals surface area contributed by atoms with Gasteiger partial charge in [-0.05, 0) is 25.3 Å². The van der Waals surface area contributed by atoms with Crippen LogP contribution in [0.2, 0.25) is 0 Å². The summed E-state index contributed by atoms with van der Waals surface area (Å²) in [7, 11) is -1.59. The molecule has 6 nitrogen and oxygen atoms in total. The minimum atomic E-state index is -3.11.